The van der Waals surface area contributed by atoms with E-state index < -0.39 is 0 Å². The summed E-state index contributed by atoms with van der Waals surface area (Å²) in [6, 6.07) is 0.732. The van der Waals surface area contributed by atoms with Crippen molar-refractivity contribution in [3.63, 3.8) is 0 Å². The van der Waals surface area contributed by atoms with Crippen LogP contribution in [0.25, 0.3) is 0 Å². The first-order valence-corrected chi connectivity index (χ1v) is 7.44. The highest BCUT2D eigenvalue weighted by molar-refractivity contribution is 5.65. The molecule has 1 aliphatic rings. The smallest absolute Gasteiger partial charge is 0.293 e. The lowest BCUT2D eigenvalue weighted by molar-refractivity contribution is -0.130. The molecule has 1 aliphatic carbocycles. The van der Waals surface area contributed by atoms with E-state index in [1.54, 1.807) is 0 Å². The summed E-state index contributed by atoms with van der Waals surface area (Å²) in [7, 11) is 0. The Bertz CT molecular complexity index is 271. The molecule has 0 heterocycles. The van der Waals surface area contributed by atoms with Crippen molar-refractivity contribution in [1.82, 2.24) is 5.32 Å². The second-order valence-electron chi connectivity index (χ2n) is 6.07. The highest BCUT2D eigenvalue weighted by Gasteiger charge is 2.15. The Hall–Kier alpha value is -0.900. The Morgan fingerprint density at radius 2 is 2.05 bits per heavy atom. The average molecular weight is 268 g/mol. The van der Waals surface area contributed by atoms with Crippen LogP contribution < -0.4 is 5.32 Å². The fourth-order valence-corrected chi connectivity index (χ4v) is 2.38. The largest absolute Gasteiger partial charge is 0.467 e. The molecule has 4 heteroatoms. The zero-order valence-electron chi connectivity index (χ0n) is 12.4. The van der Waals surface area contributed by atoms with Crippen LogP contribution in [0.4, 0.5) is 0 Å². The van der Waals surface area contributed by atoms with E-state index in [4.69, 9.17) is 4.74 Å². The number of nitrogens with zero attached hydrogens (tertiary/aromatic N) is 1. The van der Waals surface area contributed by atoms with Gasteiger partial charge in [-0.3, -0.25) is 9.79 Å². The second kappa shape index (κ2) is 9.08. The zero-order chi connectivity index (χ0) is 14.0. The molecule has 1 rings (SSSR count). The van der Waals surface area contributed by atoms with Crippen LogP contribution in [0.1, 0.15) is 52.4 Å². The van der Waals surface area contributed by atoms with Crippen molar-refractivity contribution >= 4 is 12.7 Å². The van der Waals surface area contributed by atoms with E-state index in [9.17, 15) is 4.79 Å². The van der Waals surface area contributed by atoms with Gasteiger partial charge in [0.25, 0.3) is 6.47 Å². The SMILES string of the molecule is CC(C)(C=NCCCNC1CCCCC1)COC=O. The summed E-state index contributed by atoms with van der Waals surface area (Å²) in [4.78, 5) is 14.6. The van der Waals surface area contributed by atoms with Crippen LogP contribution in [0, 0.1) is 5.41 Å². The number of carbonyl (C=O) groups is 1. The third-order valence-corrected chi connectivity index (χ3v) is 3.47. The van der Waals surface area contributed by atoms with Crippen molar-refractivity contribution < 1.29 is 9.53 Å². The number of carbonyl (C=O) groups excluding carboxylic acids is 1. The van der Waals surface area contributed by atoms with Gasteiger partial charge in [-0.25, -0.2) is 0 Å². The van der Waals surface area contributed by atoms with Crippen molar-refractivity contribution in [3.05, 3.63) is 0 Å². The third kappa shape index (κ3) is 7.98. The van der Waals surface area contributed by atoms with Gasteiger partial charge in [-0.15, -0.1) is 0 Å². The maximum atomic E-state index is 10.1. The lowest BCUT2D eigenvalue weighted by Gasteiger charge is -2.22. The number of rotatable bonds is 9. The topological polar surface area (TPSA) is 50.7 Å². The first-order chi connectivity index (χ1) is 9.14. The number of nitrogens with one attached hydrogen (secondary N) is 1. The maximum Gasteiger partial charge on any atom is 0.293 e. The van der Waals surface area contributed by atoms with Gasteiger partial charge in [-0.2, -0.15) is 0 Å². The van der Waals surface area contributed by atoms with Crippen LogP contribution >= 0.6 is 0 Å². The number of ether oxygens (including phenoxy) is 1. The van der Waals surface area contributed by atoms with Crippen molar-refractivity contribution in [2.75, 3.05) is 19.7 Å². The van der Waals surface area contributed by atoms with E-state index in [2.05, 4.69) is 10.3 Å². The molecule has 1 fully saturated rings. The van der Waals surface area contributed by atoms with Crippen LogP contribution in [0.3, 0.4) is 0 Å². The minimum absolute atomic E-state index is 0.169. The van der Waals surface area contributed by atoms with E-state index >= 15 is 0 Å². The molecule has 0 bridgehead atoms. The van der Waals surface area contributed by atoms with Gasteiger partial charge in [-0.05, 0) is 25.8 Å². The molecular formula is C15H28N2O2. The molecule has 0 amide bonds. The number of hydrogen-bond donors (Lipinski definition) is 1. The summed E-state index contributed by atoms with van der Waals surface area (Å²) in [6.07, 6.45) is 9.79. The molecule has 0 atom stereocenters. The fourth-order valence-electron chi connectivity index (χ4n) is 2.38. The molecule has 0 aromatic heterocycles. The van der Waals surface area contributed by atoms with Crippen LogP contribution in [0.5, 0.6) is 0 Å². The van der Waals surface area contributed by atoms with Crippen molar-refractivity contribution in [2.24, 2.45) is 10.4 Å². The van der Waals surface area contributed by atoms with E-state index in [1.807, 2.05) is 20.1 Å². The Kier molecular flexibility index (Phi) is 7.72. The van der Waals surface area contributed by atoms with Crippen LogP contribution in [0.2, 0.25) is 0 Å². The maximum absolute atomic E-state index is 10.1. The fraction of sp³-hybridized carbons (Fsp3) is 0.867. The van der Waals surface area contributed by atoms with Gasteiger partial charge in [0.2, 0.25) is 0 Å². The highest BCUT2D eigenvalue weighted by Crippen LogP contribution is 2.17. The summed E-state index contributed by atoms with van der Waals surface area (Å²) in [5, 5.41) is 3.61. The van der Waals surface area contributed by atoms with Crippen molar-refractivity contribution in [1.29, 1.82) is 0 Å². The normalized spacial score (nSPS) is 17.8. The summed E-state index contributed by atoms with van der Waals surface area (Å²) in [6.45, 7) is 6.79. The molecule has 1 N–H and O–H groups in total. The Balaban J connectivity index is 2.04. The van der Waals surface area contributed by atoms with Crippen LogP contribution in [-0.2, 0) is 9.53 Å². The molecule has 0 aromatic rings. The Morgan fingerprint density at radius 1 is 1.32 bits per heavy atom. The van der Waals surface area contributed by atoms with Crippen LogP contribution in [-0.4, -0.2) is 38.4 Å². The number of hydrogen-bond acceptors (Lipinski definition) is 4. The van der Waals surface area contributed by atoms with E-state index in [-0.39, 0.29) is 5.41 Å². The molecule has 0 aliphatic heterocycles. The number of aliphatic imine (C=N–C) groups is 1. The van der Waals surface area contributed by atoms with Gasteiger partial charge in [0.05, 0.1) is 0 Å². The van der Waals surface area contributed by atoms with Crippen molar-refractivity contribution in [3.8, 4) is 0 Å². The summed E-state index contributed by atoms with van der Waals surface area (Å²) in [5.74, 6) is 0. The first kappa shape index (κ1) is 16.2. The monoisotopic (exact) mass is 268 g/mol. The molecule has 0 aromatic carbocycles. The molecule has 4 nitrogen and oxygen atoms in total. The molecule has 110 valence electrons. The van der Waals surface area contributed by atoms with E-state index in [1.165, 1.54) is 32.1 Å². The standard InChI is InChI=1S/C15H28N2O2/c1-15(2,12-19-13-18)11-16-9-6-10-17-14-7-4-3-5-8-14/h11,13-14,17H,3-10,12H2,1-2H3. The molecule has 0 spiro atoms. The van der Waals surface area contributed by atoms with Crippen LogP contribution in [0.15, 0.2) is 4.99 Å². The summed E-state index contributed by atoms with van der Waals surface area (Å²) < 4.78 is 4.77. The molecular weight excluding hydrogens is 240 g/mol. The Morgan fingerprint density at radius 3 is 2.74 bits per heavy atom. The predicted molar refractivity (Wildman–Crippen MR) is 78.6 cm³/mol. The van der Waals surface area contributed by atoms with Crippen molar-refractivity contribution in [2.45, 2.75) is 58.4 Å². The summed E-state index contributed by atoms with van der Waals surface area (Å²) in [5.41, 5.74) is -0.169. The van der Waals surface area contributed by atoms with E-state index in [0.717, 1.165) is 25.6 Å². The van der Waals surface area contributed by atoms with Gasteiger partial charge in [0.1, 0.15) is 6.61 Å². The quantitative estimate of drug-likeness (QED) is 0.397. The van der Waals surface area contributed by atoms with Gasteiger partial charge < -0.3 is 10.1 Å². The third-order valence-electron chi connectivity index (χ3n) is 3.47. The van der Waals surface area contributed by atoms with Gasteiger partial charge in [0.15, 0.2) is 0 Å². The lowest BCUT2D eigenvalue weighted by atomic mass is 9.95. The first-order valence-electron chi connectivity index (χ1n) is 7.44. The van der Waals surface area contributed by atoms with Gasteiger partial charge in [0, 0.05) is 24.2 Å². The minimum Gasteiger partial charge on any atom is -0.467 e. The molecule has 0 radical (unpaired) electrons. The van der Waals surface area contributed by atoms with E-state index in [0.29, 0.717) is 13.1 Å². The van der Waals surface area contributed by atoms with Gasteiger partial charge in [-0.1, -0.05) is 33.1 Å². The zero-order valence-corrected chi connectivity index (χ0v) is 12.4. The molecule has 1 saturated carbocycles. The lowest BCUT2D eigenvalue weighted by Crippen LogP contribution is -2.32. The predicted octanol–water partition coefficient (Wildman–Crippen LogP) is 2.57. The summed E-state index contributed by atoms with van der Waals surface area (Å²) >= 11 is 0. The average Bonchev–Trinajstić information content (AvgIpc) is 2.42. The molecule has 0 unspecified atom stereocenters. The molecule has 0 saturated heterocycles. The second-order valence-corrected chi connectivity index (χ2v) is 6.07. The molecule has 19 heavy (non-hydrogen) atoms. The van der Waals surface area contributed by atoms with Gasteiger partial charge >= 0.3 is 0 Å². The Labute approximate surface area is 117 Å². The minimum atomic E-state index is -0.169. The highest BCUT2D eigenvalue weighted by atomic mass is 16.5.